The van der Waals surface area contributed by atoms with Crippen LogP contribution in [0.25, 0.3) is 0 Å². The van der Waals surface area contributed by atoms with Crippen molar-refractivity contribution in [2.45, 2.75) is 59.5 Å². The summed E-state index contributed by atoms with van der Waals surface area (Å²) in [6.07, 6.45) is 2.63. The number of carbonyl (C=O) groups excluding carboxylic acids is 3. The van der Waals surface area contributed by atoms with Crippen LogP contribution in [0.4, 0.5) is 0 Å². The summed E-state index contributed by atoms with van der Waals surface area (Å²) < 4.78 is 0. The molecule has 0 spiro atoms. The second-order valence-electron chi connectivity index (χ2n) is 3.72. The first-order chi connectivity index (χ1) is 7.32. The summed E-state index contributed by atoms with van der Waals surface area (Å²) in [5, 5.41) is 8.28. The zero-order chi connectivity index (χ0) is 13.1. The maximum atomic E-state index is 10.7. The minimum absolute atomic E-state index is 0.185. The number of aliphatic hydroxyl groups excluding tert-OH is 1. The number of rotatable bonds is 6. The molecule has 0 aromatic carbocycles. The van der Waals surface area contributed by atoms with Crippen LogP contribution in [-0.2, 0) is 14.4 Å². The van der Waals surface area contributed by atoms with E-state index < -0.39 is 6.10 Å². The third-order valence-electron chi connectivity index (χ3n) is 1.99. The summed E-state index contributed by atoms with van der Waals surface area (Å²) in [5.41, 5.74) is 0. The first kappa shape index (κ1) is 17.4. The van der Waals surface area contributed by atoms with Gasteiger partial charge in [-0.3, -0.25) is 14.4 Å². The number of ketones is 3. The van der Waals surface area contributed by atoms with Crippen molar-refractivity contribution in [2.75, 3.05) is 0 Å². The lowest BCUT2D eigenvalue weighted by atomic mass is 10.1. The predicted molar refractivity (Wildman–Crippen MR) is 62.2 cm³/mol. The summed E-state index contributed by atoms with van der Waals surface area (Å²) in [6, 6.07) is 0. The Hall–Kier alpha value is -1.03. The van der Waals surface area contributed by atoms with Crippen molar-refractivity contribution in [3.8, 4) is 0 Å². The average molecular weight is 230 g/mol. The fraction of sp³-hybridized carbons (Fsp3) is 0.750. The van der Waals surface area contributed by atoms with Crippen LogP contribution in [-0.4, -0.2) is 28.6 Å². The number of carbonyl (C=O) groups is 3. The van der Waals surface area contributed by atoms with Gasteiger partial charge in [-0.1, -0.05) is 19.8 Å². The maximum absolute atomic E-state index is 10.7. The number of Topliss-reactive ketones (excluding diaryl/α,β-unsaturated/α-hetero) is 3. The van der Waals surface area contributed by atoms with Gasteiger partial charge < -0.3 is 5.11 Å². The van der Waals surface area contributed by atoms with E-state index in [0.29, 0.717) is 6.42 Å². The molecule has 0 heterocycles. The van der Waals surface area contributed by atoms with Gasteiger partial charge in [0.05, 0.1) is 0 Å². The lowest BCUT2D eigenvalue weighted by molar-refractivity contribution is -0.135. The molecule has 0 saturated heterocycles. The molecule has 1 N–H and O–H groups in total. The van der Waals surface area contributed by atoms with Gasteiger partial charge >= 0.3 is 0 Å². The minimum Gasteiger partial charge on any atom is -0.386 e. The number of hydrogen-bond acceptors (Lipinski definition) is 4. The monoisotopic (exact) mass is 230 g/mol. The number of hydrogen-bond donors (Lipinski definition) is 1. The first-order valence-electron chi connectivity index (χ1n) is 5.55. The van der Waals surface area contributed by atoms with Crippen LogP contribution in [0.1, 0.15) is 53.4 Å². The van der Waals surface area contributed by atoms with Crippen LogP contribution < -0.4 is 0 Å². The summed E-state index contributed by atoms with van der Waals surface area (Å²) in [4.78, 5) is 31.0. The number of aliphatic hydroxyl groups is 1. The highest BCUT2D eigenvalue weighted by molar-refractivity contribution is 6.36. The summed E-state index contributed by atoms with van der Waals surface area (Å²) in [7, 11) is 0. The van der Waals surface area contributed by atoms with Crippen molar-refractivity contribution >= 4 is 17.3 Å². The predicted octanol–water partition coefficient (Wildman–Crippen LogP) is 1.68. The van der Waals surface area contributed by atoms with Gasteiger partial charge in [0, 0.05) is 13.3 Å². The van der Waals surface area contributed by atoms with E-state index in [4.69, 9.17) is 5.11 Å². The quantitative estimate of drug-likeness (QED) is 0.556. The Labute approximate surface area is 97.0 Å². The van der Waals surface area contributed by atoms with Crippen LogP contribution in [0.3, 0.4) is 0 Å². The molecule has 16 heavy (non-hydrogen) atoms. The third kappa shape index (κ3) is 13.0. The molecule has 0 radical (unpaired) electrons. The Kier molecular flexibility index (Phi) is 11.4. The molecule has 1 atom stereocenters. The Morgan fingerprint density at radius 1 is 1.12 bits per heavy atom. The number of unbranched alkanes of at least 4 members (excludes halogenated alkanes) is 2. The highest BCUT2D eigenvalue weighted by atomic mass is 16.3. The summed E-state index contributed by atoms with van der Waals surface area (Å²) in [5.74, 6) is -0.723. The van der Waals surface area contributed by atoms with Crippen LogP contribution in [0.15, 0.2) is 0 Å². The smallest absolute Gasteiger partial charge is 0.198 e. The zero-order valence-electron chi connectivity index (χ0n) is 10.6. The van der Waals surface area contributed by atoms with Gasteiger partial charge in [-0.05, 0) is 20.3 Å². The van der Waals surface area contributed by atoms with Gasteiger partial charge in [0.1, 0.15) is 6.10 Å². The molecular formula is C12H22O4. The molecule has 0 saturated carbocycles. The van der Waals surface area contributed by atoms with Crippen molar-refractivity contribution < 1.29 is 19.5 Å². The van der Waals surface area contributed by atoms with Crippen LogP contribution >= 0.6 is 0 Å². The van der Waals surface area contributed by atoms with Crippen molar-refractivity contribution in [2.24, 2.45) is 0 Å². The van der Waals surface area contributed by atoms with E-state index in [1.807, 2.05) is 0 Å². The second-order valence-corrected chi connectivity index (χ2v) is 3.72. The van der Waals surface area contributed by atoms with Gasteiger partial charge in [-0.25, -0.2) is 0 Å². The second kappa shape index (κ2) is 10.5. The van der Waals surface area contributed by atoms with Gasteiger partial charge in [-0.15, -0.1) is 0 Å². The topological polar surface area (TPSA) is 71.4 Å². The maximum Gasteiger partial charge on any atom is 0.198 e. The molecule has 4 nitrogen and oxygen atoms in total. The largest absolute Gasteiger partial charge is 0.386 e. The van der Waals surface area contributed by atoms with Gasteiger partial charge in [-0.2, -0.15) is 0 Å². The molecule has 0 amide bonds. The van der Waals surface area contributed by atoms with Crippen LogP contribution in [0.5, 0.6) is 0 Å². The summed E-state index contributed by atoms with van der Waals surface area (Å²) in [6.45, 7) is 6.19. The van der Waals surface area contributed by atoms with E-state index in [1.165, 1.54) is 20.8 Å². The standard InChI is InChI=1S/C8H14O2.C4H8O2/c1-3-4-5-6-8(10)7(2)9;1-3(5)4(2)6/h3-6H2,1-2H3;3,5H,1-2H3. The molecule has 4 heteroatoms. The lowest BCUT2D eigenvalue weighted by Crippen LogP contribution is -2.10. The zero-order valence-corrected chi connectivity index (χ0v) is 10.6. The van der Waals surface area contributed by atoms with Crippen LogP contribution in [0.2, 0.25) is 0 Å². The molecule has 94 valence electrons. The van der Waals surface area contributed by atoms with Crippen molar-refractivity contribution in [3.63, 3.8) is 0 Å². The lowest BCUT2D eigenvalue weighted by Gasteiger charge is -1.93. The van der Waals surface area contributed by atoms with Crippen molar-refractivity contribution in [3.05, 3.63) is 0 Å². The fourth-order valence-corrected chi connectivity index (χ4v) is 0.712. The van der Waals surface area contributed by atoms with Crippen LogP contribution in [0, 0.1) is 0 Å². The SMILES string of the molecule is CC(=O)C(C)O.CCCCCC(=O)C(C)=O. The molecule has 0 aromatic heterocycles. The van der Waals surface area contributed by atoms with Gasteiger partial charge in [0.2, 0.25) is 0 Å². The van der Waals surface area contributed by atoms with Gasteiger partial charge in [0.15, 0.2) is 17.3 Å². The molecule has 0 aliphatic carbocycles. The molecular weight excluding hydrogens is 208 g/mol. The Bertz CT molecular complexity index is 231. The highest BCUT2D eigenvalue weighted by Crippen LogP contribution is 1.99. The van der Waals surface area contributed by atoms with Crippen molar-refractivity contribution in [1.82, 2.24) is 0 Å². The fourth-order valence-electron chi connectivity index (χ4n) is 0.712. The third-order valence-corrected chi connectivity index (χ3v) is 1.99. The molecule has 0 aliphatic heterocycles. The molecule has 0 bridgehead atoms. The highest BCUT2D eigenvalue weighted by Gasteiger charge is 2.05. The normalized spacial score (nSPS) is 11.1. The van der Waals surface area contributed by atoms with E-state index in [0.717, 1.165) is 19.3 Å². The van der Waals surface area contributed by atoms with E-state index in [2.05, 4.69) is 6.92 Å². The Morgan fingerprint density at radius 2 is 1.56 bits per heavy atom. The Balaban J connectivity index is 0. The Morgan fingerprint density at radius 3 is 1.81 bits per heavy atom. The molecule has 1 unspecified atom stereocenters. The summed E-state index contributed by atoms with van der Waals surface area (Å²) >= 11 is 0. The van der Waals surface area contributed by atoms with E-state index in [-0.39, 0.29) is 17.3 Å². The molecule has 0 aliphatic rings. The minimum atomic E-state index is -0.787. The van der Waals surface area contributed by atoms with E-state index >= 15 is 0 Å². The molecule has 0 rings (SSSR count). The molecule has 0 aromatic rings. The van der Waals surface area contributed by atoms with E-state index in [1.54, 1.807) is 0 Å². The molecule has 0 fully saturated rings. The van der Waals surface area contributed by atoms with E-state index in [9.17, 15) is 14.4 Å². The van der Waals surface area contributed by atoms with Crippen molar-refractivity contribution in [1.29, 1.82) is 0 Å². The average Bonchev–Trinajstić information content (AvgIpc) is 2.18. The first-order valence-corrected chi connectivity index (χ1v) is 5.55. The van der Waals surface area contributed by atoms with Gasteiger partial charge in [0.25, 0.3) is 0 Å².